The molecule has 0 aromatic carbocycles. The molecule has 0 bridgehead atoms. The molecule has 0 spiro atoms. The predicted octanol–water partition coefficient (Wildman–Crippen LogP) is 2.21. The first-order valence-electron chi connectivity index (χ1n) is 5.96. The molecule has 0 unspecified atom stereocenters. The van der Waals surface area contributed by atoms with Gasteiger partial charge < -0.3 is 14.2 Å². The molecule has 0 saturated carbocycles. The Morgan fingerprint density at radius 3 is 2.53 bits per heavy atom. The summed E-state index contributed by atoms with van der Waals surface area (Å²) >= 11 is 5.94. The molecule has 19 heavy (non-hydrogen) atoms. The molecule has 7 heteroatoms. The van der Waals surface area contributed by atoms with E-state index in [9.17, 15) is 0 Å². The largest absolute Gasteiger partial charge is 0.467 e. The van der Waals surface area contributed by atoms with Gasteiger partial charge in [-0.15, -0.1) is 0 Å². The van der Waals surface area contributed by atoms with Gasteiger partial charge in [-0.05, 0) is 30.7 Å². The van der Waals surface area contributed by atoms with Crippen LogP contribution < -0.4 is 9.80 Å². The van der Waals surface area contributed by atoms with E-state index in [2.05, 4.69) is 15.0 Å². The Kier molecular flexibility index (Phi) is 4.21. The fourth-order valence-electron chi connectivity index (χ4n) is 1.59. The van der Waals surface area contributed by atoms with E-state index in [0.717, 1.165) is 12.3 Å². The van der Waals surface area contributed by atoms with Crippen molar-refractivity contribution in [2.24, 2.45) is 0 Å². The summed E-state index contributed by atoms with van der Waals surface area (Å²) in [5.41, 5.74) is 0. The van der Waals surface area contributed by atoms with Crippen LogP contribution in [0, 0.1) is 0 Å². The summed E-state index contributed by atoms with van der Waals surface area (Å²) in [7, 11) is 3.72. The standard InChI is InChI=1S/C12H16ClN5O/c1-4-18(8-9-6-5-7-19-9)12-15-10(13)14-11(16-12)17(2)3/h5-7H,4,8H2,1-3H3. The zero-order chi connectivity index (χ0) is 13.8. The molecule has 0 fully saturated rings. The van der Waals surface area contributed by atoms with Gasteiger partial charge in [-0.25, -0.2) is 0 Å². The van der Waals surface area contributed by atoms with Crippen LogP contribution in [-0.2, 0) is 6.54 Å². The van der Waals surface area contributed by atoms with E-state index in [4.69, 9.17) is 16.0 Å². The maximum Gasteiger partial charge on any atom is 0.231 e. The maximum absolute atomic E-state index is 5.94. The Morgan fingerprint density at radius 1 is 1.21 bits per heavy atom. The Hall–Kier alpha value is -1.82. The molecule has 0 atom stereocenters. The minimum absolute atomic E-state index is 0.187. The van der Waals surface area contributed by atoms with Gasteiger partial charge in [0.2, 0.25) is 17.2 Å². The van der Waals surface area contributed by atoms with Crippen LogP contribution in [0.25, 0.3) is 0 Å². The number of nitrogens with zero attached hydrogens (tertiary/aromatic N) is 5. The third kappa shape index (κ3) is 3.35. The first-order valence-corrected chi connectivity index (χ1v) is 6.34. The summed E-state index contributed by atoms with van der Waals surface area (Å²) in [6.45, 7) is 3.36. The molecule has 2 heterocycles. The molecule has 0 aliphatic heterocycles. The summed E-state index contributed by atoms with van der Waals surface area (Å²) < 4.78 is 5.34. The van der Waals surface area contributed by atoms with Crippen LogP contribution in [0.1, 0.15) is 12.7 Å². The lowest BCUT2D eigenvalue weighted by molar-refractivity contribution is 0.501. The first kappa shape index (κ1) is 13.6. The van der Waals surface area contributed by atoms with Crippen LogP contribution in [0.4, 0.5) is 11.9 Å². The van der Waals surface area contributed by atoms with Crippen molar-refractivity contribution < 1.29 is 4.42 Å². The summed E-state index contributed by atoms with van der Waals surface area (Å²) in [5, 5.41) is 0.187. The van der Waals surface area contributed by atoms with Crippen molar-refractivity contribution in [3.05, 3.63) is 29.4 Å². The molecular weight excluding hydrogens is 266 g/mol. The van der Waals surface area contributed by atoms with Crippen molar-refractivity contribution in [2.45, 2.75) is 13.5 Å². The van der Waals surface area contributed by atoms with E-state index in [-0.39, 0.29) is 5.28 Å². The molecule has 2 aromatic rings. The fourth-order valence-corrected chi connectivity index (χ4v) is 1.74. The molecule has 0 saturated heterocycles. The third-order valence-electron chi connectivity index (χ3n) is 2.58. The normalized spacial score (nSPS) is 10.5. The zero-order valence-electron chi connectivity index (χ0n) is 11.2. The van der Waals surface area contributed by atoms with E-state index in [0.29, 0.717) is 18.4 Å². The molecule has 0 aliphatic carbocycles. The van der Waals surface area contributed by atoms with Crippen molar-refractivity contribution in [1.29, 1.82) is 0 Å². The van der Waals surface area contributed by atoms with Gasteiger partial charge >= 0.3 is 0 Å². The van der Waals surface area contributed by atoms with E-state index in [1.165, 1.54) is 0 Å². The number of hydrogen-bond acceptors (Lipinski definition) is 6. The Balaban J connectivity index is 2.27. The number of hydrogen-bond donors (Lipinski definition) is 0. The average Bonchev–Trinajstić information content (AvgIpc) is 2.88. The molecule has 0 amide bonds. The lowest BCUT2D eigenvalue weighted by Crippen LogP contribution is -2.25. The Bertz CT molecular complexity index is 529. The van der Waals surface area contributed by atoms with Crippen LogP contribution in [-0.4, -0.2) is 35.6 Å². The average molecular weight is 282 g/mol. The molecule has 102 valence electrons. The lowest BCUT2D eigenvalue weighted by atomic mass is 10.4. The van der Waals surface area contributed by atoms with Crippen molar-refractivity contribution >= 4 is 23.5 Å². The van der Waals surface area contributed by atoms with Crippen molar-refractivity contribution in [3.63, 3.8) is 0 Å². The molecule has 6 nitrogen and oxygen atoms in total. The minimum Gasteiger partial charge on any atom is -0.467 e. The van der Waals surface area contributed by atoms with Crippen LogP contribution in [0.3, 0.4) is 0 Å². The fraction of sp³-hybridized carbons (Fsp3) is 0.417. The van der Waals surface area contributed by atoms with Crippen LogP contribution in [0.15, 0.2) is 22.8 Å². The Morgan fingerprint density at radius 2 is 1.95 bits per heavy atom. The smallest absolute Gasteiger partial charge is 0.231 e. The number of furan rings is 1. The molecule has 0 radical (unpaired) electrons. The second kappa shape index (κ2) is 5.88. The van der Waals surface area contributed by atoms with Gasteiger partial charge in [-0.1, -0.05) is 0 Å². The predicted molar refractivity (Wildman–Crippen MR) is 74.6 cm³/mol. The van der Waals surface area contributed by atoms with Gasteiger partial charge in [0.25, 0.3) is 0 Å². The minimum atomic E-state index is 0.187. The molecule has 0 aliphatic rings. The van der Waals surface area contributed by atoms with E-state index < -0.39 is 0 Å². The maximum atomic E-state index is 5.94. The molecule has 0 N–H and O–H groups in total. The van der Waals surface area contributed by atoms with Gasteiger partial charge in [-0.3, -0.25) is 0 Å². The monoisotopic (exact) mass is 281 g/mol. The number of aromatic nitrogens is 3. The van der Waals surface area contributed by atoms with E-state index in [1.807, 2.05) is 38.1 Å². The molecule has 2 rings (SSSR count). The quantitative estimate of drug-likeness (QED) is 0.837. The molecule has 2 aromatic heterocycles. The molecular formula is C12H16ClN5O. The summed E-state index contributed by atoms with van der Waals surface area (Å²) in [5.74, 6) is 1.93. The van der Waals surface area contributed by atoms with E-state index in [1.54, 1.807) is 11.2 Å². The van der Waals surface area contributed by atoms with E-state index >= 15 is 0 Å². The number of rotatable bonds is 5. The van der Waals surface area contributed by atoms with Crippen LogP contribution >= 0.6 is 11.6 Å². The summed E-state index contributed by atoms with van der Waals surface area (Å²) in [6.07, 6.45) is 1.65. The zero-order valence-corrected chi connectivity index (χ0v) is 11.9. The SMILES string of the molecule is CCN(Cc1ccco1)c1nc(Cl)nc(N(C)C)n1. The third-order valence-corrected chi connectivity index (χ3v) is 2.74. The van der Waals surface area contributed by atoms with Gasteiger partial charge in [0.1, 0.15) is 5.76 Å². The highest BCUT2D eigenvalue weighted by Crippen LogP contribution is 2.17. The second-order valence-electron chi connectivity index (χ2n) is 4.19. The highest BCUT2D eigenvalue weighted by atomic mass is 35.5. The van der Waals surface area contributed by atoms with Gasteiger partial charge in [0.15, 0.2) is 0 Å². The Labute approximate surface area is 117 Å². The topological polar surface area (TPSA) is 58.3 Å². The van der Waals surface area contributed by atoms with Gasteiger partial charge in [0.05, 0.1) is 12.8 Å². The summed E-state index contributed by atoms with van der Waals surface area (Å²) in [4.78, 5) is 16.4. The van der Waals surface area contributed by atoms with Crippen molar-refractivity contribution in [2.75, 3.05) is 30.4 Å². The second-order valence-corrected chi connectivity index (χ2v) is 4.53. The first-order chi connectivity index (χ1) is 9.10. The van der Waals surface area contributed by atoms with Crippen molar-refractivity contribution in [3.8, 4) is 0 Å². The lowest BCUT2D eigenvalue weighted by Gasteiger charge is -2.20. The number of halogens is 1. The highest BCUT2D eigenvalue weighted by Gasteiger charge is 2.14. The van der Waals surface area contributed by atoms with Crippen LogP contribution in [0.5, 0.6) is 0 Å². The van der Waals surface area contributed by atoms with Crippen molar-refractivity contribution in [1.82, 2.24) is 15.0 Å². The highest BCUT2D eigenvalue weighted by molar-refractivity contribution is 6.28. The number of anilines is 2. The summed E-state index contributed by atoms with van der Waals surface area (Å²) in [6, 6.07) is 3.77. The van der Waals surface area contributed by atoms with Gasteiger partial charge in [-0.2, -0.15) is 15.0 Å². The van der Waals surface area contributed by atoms with Crippen LogP contribution in [0.2, 0.25) is 5.28 Å². The van der Waals surface area contributed by atoms with Gasteiger partial charge in [0, 0.05) is 20.6 Å².